The van der Waals surface area contributed by atoms with Crippen LogP contribution in [0.4, 0.5) is 0 Å². The minimum absolute atomic E-state index is 0.0321. The van der Waals surface area contributed by atoms with Crippen molar-refractivity contribution in [1.29, 1.82) is 0 Å². The zero-order valence-electron chi connectivity index (χ0n) is 25.2. The van der Waals surface area contributed by atoms with Crippen molar-refractivity contribution in [3.63, 3.8) is 0 Å². The molecule has 2 rings (SSSR count). The number of ketones is 1. The summed E-state index contributed by atoms with van der Waals surface area (Å²) in [6, 6.07) is 0. The van der Waals surface area contributed by atoms with Gasteiger partial charge in [0.05, 0.1) is 17.9 Å². The summed E-state index contributed by atoms with van der Waals surface area (Å²) < 4.78 is 17.3. The lowest BCUT2D eigenvalue weighted by atomic mass is 9.85. The van der Waals surface area contributed by atoms with E-state index in [9.17, 15) is 14.7 Å². The van der Waals surface area contributed by atoms with E-state index in [4.69, 9.17) is 19.9 Å². The molecule has 0 aromatic carbocycles. The molecule has 0 saturated heterocycles. The molecule has 1 amide bonds. The Bertz CT molecular complexity index is 1130. The smallest absolute Gasteiger partial charge is 0.251 e. The van der Waals surface area contributed by atoms with Crippen molar-refractivity contribution < 1.29 is 28.9 Å². The van der Waals surface area contributed by atoms with Crippen LogP contribution in [0.3, 0.4) is 0 Å². The van der Waals surface area contributed by atoms with E-state index >= 15 is 0 Å². The number of rotatable bonds is 7. The summed E-state index contributed by atoms with van der Waals surface area (Å²) in [5.74, 6) is -0.703. The molecule has 9 nitrogen and oxygen atoms in total. The van der Waals surface area contributed by atoms with Crippen molar-refractivity contribution in [2.45, 2.75) is 71.4 Å². The number of fused-ring (bicyclic) bond motifs is 2. The predicted octanol–water partition coefficient (Wildman–Crippen LogP) is 3.71. The molecule has 0 fully saturated rings. The summed E-state index contributed by atoms with van der Waals surface area (Å²) in [6.45, 7) is 15.4. The van der Waals surface area contributed by atoms with Crippen molar-refractivity contribution >= 4 is 11.7 Å². The largest absolute Gasteiger partial charge is 0.469 e. The minimum atomic E-state index is -0.807. The highest BCUT2D eigenvalue weighted by molar-refractivity contribution is 6.06. The Morgan fingerprint density at radius 1 is 1.24 bits per heavy atom. The van der Waals surface area contributed by atoms with E-state index in [-0.39, 0.29) is 29.4 Å². The summed E-state index contributed by atoms with van der Waals surface area (Å²) in [7, 11) is 3.13. The van der Waals surface area contributed by atoms with Crippen molar-refractivity contribution in [2.24, 2.45) is 17.6 Å². The first-order valence-electron chi connectivity index (χ1n) is 13.9. The SMILES string of the molecule is C=CCNC1=C2CC(=CC1=O)NC(=O)/C(C)=C/C=C\[C@H](OC)[C@@H](OC(=C)N)/C(C)=C/C(C)[C@@H](O)[C@@H](OC)C[C@H](C)C2. The molecule has 2 bridgehead atoms. The molecular formula is C32H47N3O6. The van der Waals surface area contributed by atoms with E-state index in [1.807, 2.05) is 19.9 Å². The molecule has 0 saturated carbocycles. The monoisotopic (exact) mass is 569 g/mol. The number of ether oxygens (including phenoxy) is 3. The second-order valence-electron chi connectivity index (χ2n) is 10.8. The van der Waals surface area contributed by atoms with Crippen molar-refractivity contribution in [3.8, 4) is 0 Å². The standard InChI is InChI=1S/C32H47N3O6/c1-9-13-34-29-24-14-19(2)15-28(40-8)30(37)21(4)16-22(5)31(41-23(6)33)27(39-7)12-10-11-20(3)32(38)35-25(17-24)18-26(29)36/h9-12,16,18-19,21,27-28,30-31,34,37H,1,6,13-15,17,33H2,2-5,7-8H3,(H,35,38)/b12-10-,20-11+,22-16+/t19-,21?,27+,28+,30-,31+/m1/s1. The number of aliphatic hydroxyl groups is 1. The lowest BCUT2D eigenvalue weighted by Crippen LogP contribution is -2.36. The molecule has 2 aliphatic rings. The van der Waals surface area contributed by atoms with Crippen molar-refractivity contribution in [1.82, 2.24) is 10.6 Å². The lowest BCUT2D eigenvalue weighted by Gasteiger charge is -2.30. The molecule has 9 heteroatoms. The van der Waals surface area contributed by atoms with Crippen LogP contribution in [0.15, 0.2) is 83.6 Å². The summed E-state index contributed by atoms with van der Waals surface area (Å²) in [5, 5.41) is 17.4. The van der Waals surface area contributed by atoms with Gasteiger partial charge in [-0.05, 0) is 50.3 Å². The van der Waals surface area contributed by atoms with Gasteiger partial charge in [-0.1, -0.05) is 44.2 Å². The molecular weight excluding hydrogens is 522 g/mol. The number of hydrogen-bond acceptors (Lipinski definition) is 8. The van der Waals surface area contributed by atoms with Crippen LogP contribution >= 0.6 is 0 Å². The van der Waals surface area contributed by atoms with Crippen molar-refractivity contribution in [3.05, 3.63) is 83.6 Å². The fourth-order valence-corrected chi connectivity index (χ4v) is 5.15. The molecule has 226 valence electrons. The number of amides is 1. The van der Waals surface area contributed by atoms with Gasteiger partial charge in [-0.3, -0.25) is 9.59 Å². The average molecular weight is 570 g/mol. The third-order valence-corrected chi connectivity index (χ3v) is 7.29. The number of hydrogen-bond donors (Lipinski definition) is 4. The maximum Gasteiger partial charge on any atom is 0.251 e. The normalized spacial score (nSPS) is 32.0. The van der Waals surface area contributed by atoms with Crippen LogP contribution in [0.5, 0.6) is 0 Å². The first-order chi connectivity index (χ1) is 19.4. The highest BCUT2D eigenvalue weighted by Gasteiger charge is 2.30. The van der Waals surface area contributed by atoms with Gasteiger partial charge in [0.1, 0.15) is 6.10 Å². The third-order valence-electron chi connectivity index (χ3n) is 7.29. The first-order valence-corrected chi connectivity index (χ1v) is 13.9. The third kappa shape index (κ3) is 9.88. The van der Waals surface area contributed by atoms with E-state index in [0.29, 0.717) is 42.8 Å². The lowest BCUT2D eigenvalue weighted by molar-refractivity contribution is -0.116. The van der Waals surface area contributed by atoms with Gasteiger partial charge in [-0.2, -0.15) is 0 Å². The molecule has 1 aliphatic carbocycles. The van der Waals surface area contributed by atoms with Gasteiger partial charge in [-0.25, -0.2) is 0 Å². The van der Waals surface area contributed by atoms with Crippen LogP contribution in [0, 0.1) is 11.8 Å². The predicted molar refractivity (Wildman–Crippen MR) is 161 cm³/mol. The minimum Gasteiger partial charge on any atom is -0.469 e. The summed E-state index contributed by atoms with van der Waals surface area (Å²) in [4.78, 5) is 26.1. The molecule has 0 aromatic rings. The molecule has 1 unspecified atom stereocenters. The number of carbonyl (C=O) groups excluding carboxylic acids is 2. The summed E-state index contributed by atoms with van der Waals surface area (Å²) in [6.07, 6.45) is 9.33. The topological polar surface area (TPSA) is 132 Å². The average Bonchev–Trinajstić information content (AvgIpc) is 2.91. The number of allylic oxidation sites excluding steroid dienone is 4. The van der Waals surface area contributed by atoms with Gasteiger partial charge in [0.15, 0.2) is 12.0 Å². The fraction of sp³-hybridized carbons (Fsp3) is 0.500. The van der Waals surface area contributed by atoms with Crippen LogP contribution in [-0.2, 0) is 23.8 Å². The van der Waals surface area contributed by atoms with Gasteiger partial charge >= 0.3 is 0 Å². The highest BCUT2D eigenvalue weighted by atomic mass is 16.5. The second kappa shape index (κ2) is 16.1. The molecule has 0 aromatic heterocycles. The quantitative estimate of drug-likeness (QED) is 0.270. The van der Waals surface area contributed by atoms with Gasteiger partial charge < -0.3 is 35.7 Å². The molecule has 5 N–H and O–H groups in total. The summed E-state index contributed by atoms with van der Waals surface area (Å²) in [5.41, 5.74) is 8.98. The molecule has 41 heavy (non-hydrogen) atoms. The Labute approximate surface area is 244 Å². The molecule has 0 spiro atoms. The van der Waals surface area contributed by atoms with E-state index < -0.39 is 24.4 Å². The first kappa shape index (κ1) is 33.8. The maximum atomic E-state index is 13.1. The molecule has 1 aliphatic heterocycles. The Balaban J connectivity index is 2.56. The number of carbonyl (C=O) groups is 2. The zero-order chi connectivity index (χ0) is 30.7. The van der Waals surface area contributed by atoms with E-state index in [1.165, 1.54) is 6.08 Å². The Hall–Kier alpha value is -3.40. The number of nitrogens with two attached hydrogens (primary N) is 1. The van der Waals surface area contributed by atoms with Crippen LogP contribution in [-0.4, -0.2) is 62.0 Å². The zero-order valence-corrected chi connectivity index (χ0v) is 25.2. The van der Waals surface area contributed by atoms with E-state index in [2.05, 4.69) is 30.7 Å². The van der Waals surface area contributed by atoms with Crippen LogP contribution in [0.1, 0.15) is 47.0 Å². The number of methoxy groups -OCH3 is 2. The number of aliphatic hydroxyl groups excluding tert-OH is 1. The van der Waals surface area contributed by atoms with Gasteiger partial charge in [-0.15, -0.1) is 6.58 Å². The molecule has 0 radical (unpaired) electrons. The maximum absolute atomic E-state index is 13.1. The van der Waals surface area contributed by atoms with Crippen LogP contribution in [0.2, 0.25) is 0 Å². The van der Waals surface area contributed by atoms with Gasteiger partial charge in [0.25, 0.3) is 5.91 Å². The van der Waals surface area contributed by atoms with Gasteiger partial charge in [0, 0.05) is 50.4 Å². The van der Waals surface area contributed by atoms with Crippen LogP contribution in [0.25, 0.3) is 0 Å². The van der Waals surface area contributed by atoms with E-state index in [0.717, 1.165) is 11.1 Å². The summed E-state index contributed by atoms with van der Waals surface area (Å²) >= 11 is 0. The Morgan fingerprint density at radius 2 is 1.95 bits per heavy atom. The second-order valence-corrected chi connectivity index (χ2v) is 10.8. The Morgan fingerprint density at radius 3 is 2.56 bits per heavy atom. The van der Waals surface area contributed by atoms with E-state index in [1.54, 1.807) is 45.4 Å². The molecule has 6 atom stereocenters. The fourth-order valence-electron chi connectivity index (χ4n) is 5.15. The molecule has 1 heterocycles. The Kier molecular flexibility index (Phi) is 13.3. The number of nitrogens with one attached hydrogen (secondary N) is 2. The van der Waals surface area contributed by atoms with Crippen LogP contribution < -0.4 is 16.4 Å². The van der Waals surface area contributed by atoms with Gasteiger partial charge in [0.2, 0.25) is 5.78 Å². The highest BCUT2D eigenvalue weighted by Crippen LogP contribution is 2.30. The van der Waals surface area contributed by atoms with Crippen molar-refractivity contribution in [2.75, 3.05) is 20.8 Å².